The van der Waals surface area contributed by atoms with E-state index in [9.17, 15) is 8.42 Å². The molecule has 0 bridgehead atoms. The monoisotopic (exact) mass is 380 g/mol. The summed E-state index contributed by atoms with van der Waals surface area (Å²) >= 11 is 5.60. The first-order valence-corrected chi connectivity index (χ1v) is 10.7. The first kappa shape index (κ1) is 18.3. The lowest BCUT2D eigenvalue weighted by Gasteiger charge is -2.22. The lowest BCUT2D eigenvalue weighted by molar-refractivity contribution is 0.196. The summed E-state index contributed by atoms with van der Waals surface area (Å²) in [7, 11) is -0.966. The number of aryl methyl sites for hydroxylation is 1. The highest BCUT2D eigenvalue weighted by Crippen LogP contribution is 2.21. The molecule has 0 amide bonds. The number of rotatable bonds is 5. The van der Waals surface area contributed by atoms with Crippen molar-refractivity contribution < 1.29 is 8.42 Å². The summed E-state index contributed by atoms with van der Waals surface area (Å²) in [6.07, 6.45) is 0.672. The predicted octanol–water partition coefficient (Wildman–Crippen LogP) is 2.49. The molecule has 8 heteroatoms. The molecule has 6 nitrogen and oxygen atoms in total. The minimum atomic E-state index is -2.90. The Morgan fingerprint density at radius 1 is 1.40 bits per heavy atom. The molecule has 0 N–H and O–H groups in total. The second kappa shape index (κ2) is 7.01. The quantitative estimate of drug-likeness (QED) is 0.746. The Bertz CT molecular complexity index is 930. The van der Waals surface area contributed by atoms with Gasteiger partial charge in [0.15, 0.2) is 20.4 Å². The average molecular weight is 381 g/mol. The second-order valence-corrected chi connectivity index (χ2v) is 9.27. The fraction of sp³-hybridized carbons (Fsp3) is 0.529. The van der Waals surface area contributed by atoms with Gasteiger partial charge in [-0.05, 0) is 45.6 Å². The van der Waals surface area contributed by atoms with Crippen molar-refractivity contribution in [3.05, 3.63) is 34.6 Å². The summed E-state index contributed by atoms with van der Waals surface area (Å²) < 4.78 is 27.9. The van der Waals surface area contributed by atoms with E-state index in [1.165, 1.54) is 5.56 Å². The Morgan fingerprint density at radius 3 is 2.76 bits per heavy atom. The van der Waals surface area contributed by atoms with Crippen molar-refractivity contribution in [2.75, 3.05) is 18.6 Å². The van der Waals surface area contributed by atoms with Crippen LogP contribution in [0.2, 0.25) is 0 Å². The average Bonchev–Trinajstić information content (AvgIpc) is 3.07. The summed E-state index contributed by atoms with van der Waals surface area (Å²) in [5, 5.41) is 4.72. The summed E-state index contributed by atoms with van der Waals surface area (Å²) in [5.41, 5.74) is 2.21. The van der Waals surface area contributed by atoms with Crippen molar-refractivity contribution in [1.82, 2.24) is 19.2 Å². The Labute approximate surface area is 154 Å². The number of aromatic nitrogens is 3. The maximum absolute atomic E-state index is 11.7. The van der Waals surface area contributed by atoms with Gasteiger partial charge in [0.05, 0.1) is 18.2 Å². The van der Waals surface area contributed by atoms with Gasteiger partial charge >= 0.3 is 0 Å². The fourth-order valence-electron chi connectivity index (χ4n) is 3.27. The van der Waals surface area contributed by atoms with Crippen LogP contribution < -0.4 is 0 Å². The molecule has 136 valence electrons. The van der Waals surface area contributed by atoms with E-state index in [-0.39, 0.29) is 17.5 Å². The van der Waals surface area contributed by atoms with Gasteiger partial charge < -0.3 is 4.57 Å². The molecule has 1 unspecified atom stereocenters. The maximum atomic E-state index is 11.7. The summed E-state index contributed by atoms with van der Waals surface area (Å²) in [6.45, 7) is 5.34. The molecule has 0 aliphatic carbocycles. The number of nitrogens with zero attached hydrogens (tertiary/aromatic N) is 4. The van der Waals surface area contributed by atoms with Crippen molar-refractivity contribution in [2.24, 2.45) is 0 Å². The number of hydrogen-bond donors (Lipinski definition) is 0. The number of sulfone groups is 1. The van der Waals surface area contributed by atoms with Crippen LogP contribution in [0.4, 0.5) is 0 Å². The fourth-order valence-corrected chi connectivity index (χ4v) is 5.39. The molecule has 1 aromatic heterocycles. The van der Waals surface area contributed by atoms with Crippen LogP contribution in [0.15, 0.2) is 24.3 Å². The van der Waals surface area contributed by atoms with Gasteiger partial charge in [0.25, 0.3) is 0 Å². The highest BCUT2D eigenvalue weighted by molar-refractivity contribution is 7.91. The molecule has 0 saturated carbocycles. The molecular formula is C17H24N4O2S2. The van der Waals surface area contributed by atoms with E-state index < -0.39 is 9.84 Å². The van der Waals surface area contributed by atoms with Crippen molar-refractivity contribution in [3.8, 4) is 11.4 Å². The highest BCUT2D eigenvalue weighted by Gasteiger charge is 2.31. The number of hydrogen-bond acceptors (Lipinski definition) is 5. The summed E-state index contributed by atoms with van der Waals surface area (Å²) in [5.74, 6) is 1.34. The highest BCUT2D eigenvalue weighted by atomic mass is 32.2. The van der Waals surface area contributed by atoms with Crippen LogP contribution in [-0.2, 0) is 23.1 Å². The standard InChI is InChI=1S/C17H24N4O2S2/c1-4-20-16(14-7-5-6-13(2)10-14)18-21(17(20)24)12-19(3)15-8-9-25(22,23)11-15/h5-7,10,15H,4,8-9,11-12H2,1-3H3. The first-order chi connectivity index (χ1) is 11.8. The van der Waals surface area contributed by atoms with E-state index in [2.05, 4.69) is 19.1 Å². The van der Waals surface area contributed by atoms with Crippen LogP contribution in [0.3, 0.4) is 0 Å². The lowest BCUT2D eigenvalue weighted by atomic mass is 10.1. The van der Waals surface area contributed by atoms with Gasteiger partial charge in [-0.3, -0.25) is 4.90 Å². The predicted molar refractivity (Wildman–Crippen MR) is 102 cm³/mol. The molecule has 1 fully saturated rings. The molecule has 1 aromatic carbocycles. The van der Waals surface area contributed by atoms with Crippen LogP contribution in [0, 0.1) is 11.7 Å². The molecule has 1 atom stereocenters. The molecule has 1 aliphatic heterocycles. The summed E-state index contributed by atoms with van der Waals surface area (Å²) in [6, 6.07) is 8.23. The van der Waals surface area contributed by atoms with E-state index in [1.54, 1.807) is 4.68 Å². The smallest absolute Gasteiger partial charge is 0.199 e. The minimum Gasteiger partial charge on any atom is -0.300 e. The van der Waals surface area contributed by atoms with Crippen LogP contribution in [0.1, 0.15) is 18.9 Å². The zero-order chi connectivity index (χ0) is 18.2. The Kier molecular flexibility index (Phi) is 5.13. The van der Waals surface area contributed by atoms with E-state index in [0.29, 0.717) is 17.9 Å². The van der Waals surface area contributed by atoms with Crippen molar-refractivity contribution >= 4 is 22.1 Å². The molecule has 1 saturated heterocycles. The van der Waals surface area contributed by atoms with Crippen molar-refractivity contribution in [3.63, 3.8) is 0 Å². The molecule has 1 aliphatic rings. The van der Waals surface area contributed by atoms with Crippen LogP contribution in [0.25, 0.3) is 11.4 Å². The topological polar surface area (TPSA) is 60.1 Å². The molecule has 0 spiro atoms. The van der Waals surface area contributed by atoms with Gasteiger partial charge in [-0.15, -0.1) is 0 Å². The normalized spacial score (nSPS) is 19.6. The maximum Gasteiger partial charge on any atom is 0.199 e. The van der Waals surface area contributed by atoms with Crippen LogP contribution >= 0.6 is 12.2 Å². The SMILES string of the molecule is CCn1c(-c2cccc(C)c2)nn(CN(C)C2CCS(=O)(=O)C2)c1=S. The van der Waals surface area contributed by atoms with Gasteiger partial charge in [0, 0.05) is 18.2 Å². The zero-order valence-electron chi connectivity index (χ0n) is 14.8. The van der Waals surface area contributed by atoms with Gasteiger partial charge in [0.1, 0.15) is 0 Å². The summed E-state index contributed by atoms with van der Waals surface area (Å²) in [4.78, 5) is 2.04. The van der Waals surface area contributed by atoms with Crippen LogP contribution in [-0.4, -0.2) is 52.3 Å². The van der Waals surface area contributed by atoms with Crippen molar-refractivity contribution in [1.29, 1.82) is 0 Å². The third kappa shape index (κ3) is 3.86. The van der Waals surface area contributed by atoms with Gasteiger partial charge in [-0.1, -0.05) is 23.8 Å². The Balaban J connectivity index is 1.89. The van der Waals surface area contributed by atoms with E-state index in [1.807, 2.05) is 35.6 Å². The van der Waals surface area contributed by atoms with E-state index in [4.69, 9.17) is 17.3 Å². The van der Waals surface area contributed by atoms with Gasteiger partial charge in [-0.25, -0.2) is 13.1 Å². The molecule has 0 radical (unpaired) electrons. The lowest BCUT2D eigenvalue weighted by Crippen LogP contribution is -2.34. The Hall–Kier alpha value is -1.51. The molecular weight excluding hydrogens is 356 g/mol. The Morgan fingerprint density at radius 2 is 2.16 bits per heavy atom. The van der Waals surface area contributed by atoms with E-state index in [0.717, 1.165) is 17.9 Å². The largest absolute Gasteiger partial charge is 0.300 e. The third-order valence-corrected chi connectivity index (χ3v) is 6.89. The van der Waals surface area contributed by atoms with Gasteiger partial charge in [-0.2, -0.15) is 5.10 Å². The van der Waals surface area contributed by atoms with Crippen LogP contribution in [0.5, 0.6) is 0 Å². The first-order valence-electron chi connectivity index (χ1n) is 8.46. The third-order valence-electron chi connectivity index (χ3n) is 4.70. The number of benzene rings is 1. The van der Waals surface area contributed by atoms with Gasteiger partial charge in [0.2, 0.25) is 0 Å². The van der Waals surface area contributed by atoms with Crippen molar-refractivity contribution in [2.45, 2.75) is 39.5 Å². The van der Waals surface area contributed by atoms with E-state index >= 15 is 0 Å². The molecule has 25 heavy (non-hydrogen) atoms. The molecule has 3 rings (SSSR count). The molecule has 2 heterocycles. The minimum absolute atomic E-state index is 0.0288. The second-order valence-electron chi connectivity index (χ2n) is 6.67. The molecule has 2 aromatic rings. The zero-order valence-corrected chi connectivity index (χ0v) is 16.5.